The van der Waals surface area contributed by atoms with Crippen LogP contribution in [-0.2, 0) is 18.0 Å². The number of imidazole rings is 1. The van der Waals surface area contributed by atoms with Crippen LogP contribution in [0.1, 0.15) is 17.4 Å². The number of aliphatic hydroxyl groups is 3. The number of aromatic nitrogens is 4. The van der Waals surface area contributed by atoms with Crippen molar-refractivity contribution in [3.63, 3.8) is 0 Å². The van der Waals surface area contributed by atoms with Gasteiger partial charge in [0.05, 0.1) is 12.9 Å². The third-order valence-corrected chi connectivity index (χ3v) is 6.75. The van der Waals surface area contributed by atoms with Gasteiger partial charge in [0.2, 0.25) is 11.8 Å². The highest BCUT2D eigenvalue weighted by Crippen LogP contribution is 2.33. The van der Waals surface area contributed by atoms with E-state index in [1.807, 2.05) is 12.1 Å². The molecule has 1 aliphatic heterocycles. The Balaban J connectivity index is 1.14. The summed E-state index contributed by atoms with van der Waals surface area (Å²) in [6.07, 6.45) is -3.23. The summed E-state index contributed by atoms with van der Waals surface area (Å²) in [5.41, 5.74) is 14.1. The normalized spacial score (nSPS) is 20.6. The lowest BCUT2D eigenvalue weighted by Crippen LogP contribution is -2.33. The summed E-state index contributed by atoms with van der Waals surface area (Å²) < 4.78 is 24.0. The molecule has 212 valence electrons. The molecule has 1 saturated heterocycles. The van der Waals surface area contributed by atoms with E-state index in [1.165, 1.54) is 17.0 Å². The third kappa shape index (κ3) is 5.12. The predicted molar refractivity (Wildman–Crippen MR) is 145 cm³/mol. The minimum Gasteiger partial charge on any atom is -0.489 e. The highest BCUT2D eigenvalue weighted by Gasteiger charge is 2.44. The SMILES string of the molecule is Nc1ccc2c(COc3ccc(COc4nc(N)nc5c4ncn5[C@@H]4O[C@H](CO)[C@@H](O)[C@H]4O)cc3)cc(=O)oc2c1. The number of nitrogen functional groups attached to an aromatic ring is 2. The molecule has 6 rings (SSSR count). The van der Waals surface area contributed by atoms with Gasteiger partial charge < -0.3 is 45.4 Å². The molecule has 1 aliphatic rings. The van der Waals surface area contributed by atoms with E-state index in [9.17, 15) is 20.1 Å². The first-order chi connectivity index (χ1) is 19.8. The van der Waals surface area contributed by atoms with Crippen molar-refractivity contribution in [1.82, 2.24) is 19.5 Å². The number of nitrogens with two attached hydrogens (primary N) is 2. The predicted octanol–water partition coefficient (Wildman–Crippen LogP) is 0.867. The van der Waals surface area contributed by atoms with Gasteiger partial charge in [-0.05, 0) is 29.8 Å². The Kier molecular flexibility index (Phi) is 6.88. The van der Waals surface area contributed by atoms with Gasteiger partial charge in [-0.2, -0.15) is 9.97 Å². The number of fused-ring (bicyclic) bond motifs is 2. The molecule has 4 heterocycles. The average Bonchev–Trinajstić information content (AvgIpc) is 3.50. The van der Waals surface area contributed by atoms with Crippen molar-refractivity contribution in [2.45, 2.75) is 37.8 Å². The number of anilines is 2. The van der Waals surface area contributed by atoms with Gasteiger partial charge in [-0.3, -0.25) is 4.57 Å². The number of hydrogen-bond donors (Lipinski definition) is 5. The first kappa shape index (κ1) is 26.5. The standard InChI is InChI=1S/C27H26N6O8/c28-15-3-6-17-14(7-20(35)40-18(17)8-15)11-38-16-4-1-13(2-5-16)10-39-25-21-24(31-27(29)32-25)33(12-30-21)26-23(37)22(36)19(9-34)41-26/h1-8,12,19,22-23,26,34,36-37H,9-11,28H2,(H2,29,31,32)/t19-,22-,23-,26-/m1/s1. The highest BCUT2D eigenvalue weighted by atomic mass is 16.6. The Bertz CT molecular complexity index is 1770. The summed E-state index contributed by atoms with van der Waals surface area (Å²) in [4.78, 5) is 24.6. The molecule has 1 fully saturated rings. The smallest absolute Gasteiger partial charge is 0.336 e. The summed E-state index contributed by atoms with van der Waals surface area (Å²) >= 11 is 0. The zero-order valence-electron chi connectivity index (χ0n) is 21.5. The maximum atomic E-state index is 11.9. The number of benzene rings is 2. The van der Waals surface area contributed by atoms with Gasteiger partial charge in [-0.1, -0.05) is 12.1 Å². The van der Waals surface area contributed by atoms with Gasteiger partial charge in [0.25, 0.3) is 0 Å². The van der Waals surface area contributed by atoms with Gasteiger partial charge in [0.15, 0.2) is 17.4 Å². The molecule has 0 unspecified atom stereocenters. The molecule has 0 spiro atoms. The molecular weight excluding hydrogens is 536 g/mol. The first-order valence-corrected chi connectivity index (χ1v) is 12.6. The second-order valence-corrected chi connectivity index (χ2v) is 9.51. The molecule has 14 nitrogen and oxygen atoms in total. The number of ether oxygens (including phenoxy) is 3. The molecule has 0 bridgehead atoms. The Morgan fingerprint density at radius 2 is 1.78 bits per heavy atom. The molecule has 0 amide bonds. The van der Waals surface area contributed by atoms with Crippen molar-refractivity contribution in [3.05, 3.63) is 76.4 Å². The molecule has 14 heteroatoms. The largest absolute Gasteiger partial charge is 0.489 e. The van der Waals surface area contributed by atoms with Gasteiger partial charge in [0, 0.05) is 28.8 Å². The zero-order valence-corrected chi connectivity index (χ0v) is 21.5. The summed E-state index contributed by atoms with van der Waals surface area (Å²) in [5.74, 6) is 0.611. The zero-order chi connectivity index (χ0) is 28.7. The molecule has 7 N–H and O–H groups in total. The van der Waals surface area contributed by atoms with Crippen molar-refractivity contribution < 1.29 is 33.9 Å². The van der Waals surface area contributed by atoms with E-state index in [0.717, 1.165) is 10.9 Å². The molecule has 0 saturated carbocycles. The number of aliphatic hydroxyl groups excluding tert-OH is 3. The molecule has 2 aromatic carbocycles. The average molecular weight is 563 g/mol. The number of nitrogens with zero attached hydrogens (tertiary/aromatic N) is 4. The van der Waals surface area contributed by atoms with E-state index >= 15 is 0 Å². The maximum Gasteiger partial charge on any atom is 0.336 e. The van der Waals surface area contributed by atoms with Crippen molar-refractivity contribution in [1.29, 1.82) is 0 Å². The van der Waals surface area contributed by atoms with Crippen LogP contribution in [0.15, 0.2) is 64.1 Å². The van der Waals surface area contributed by atoms with Crippen LogP contribution in [0.25, 0.3) is 22.1 Å². The van der Waals surface area contributed by atoms with Crippen LogP contribution in [0.2, 0.25) is 0 Å². The van der Waals surface area contributed by atoms with Gasteiger partial charge in [-0.15, -0.1) is 0 Å². The molecular formula is C27H26N6O8. The van der Waals surface area contributed by atoms with Gasteiger partial charge >= 0.3 is 5.63 Å². The van der Waals surface area contributed by atoms with E-state index in [4.69, 9.17) is 30.1 Å². The van der Waals surface area contributed by atoms with E-state index < -0.39 is 36.8 Å². The lowest BCUT2D eigenvalue weighted by Gasteiger charge is -2.16. The summed E-state index contributed by atoms with van der Waals surface area (Å²) in [6.45, 7) is -0.191. The molecule has 0 aliphatic carbocycles. The van der Waals surface area contributed by atoms with Crippen LogP contribution in [0.4, 0.5) is 11.6 Å². The van der Waals surface area contributed by atoms with Gasteiger partial charge in [0.1, 0.15) is 42.9 Å². The summed E-state index contributed by atoms with van der Waals surface area (Å²) in [5, 5.41) is 30.6. The van der Waals surface area contributed by atoms with Crippen LogP contribution < -0.4 is 26.6 Å². The first-order valence-electron chi connectivity index (χ1n) is 12.6. The van der Waals surface area contributed by atoms with Crippen LogP contribution in [0.5, 0.6) is 11.6 Å². The van der Waals surface area contributed by atoms with Crippen molar-refractivity contribution in [2.24, 2.45) is 0 Å². The van der Waals surface area contributed by atoms with E-state index in [2.05, 4.69) is 15.0 Å². The Hall–Kier alpha value is -4.76. The van der Waals surface area contributed by atoms with Crippen LogP contribution >= 0.6 is 0 Å². The van der Waals surface area contributed by atoms with Crippen molar-refractivity contribution in [2.75, 3.05) is 18.1 Å². The van der Waals surface area contributed by atoms with E-state index in [0.29, 0.717) is 22.6 Å². The fraction of sp³-hybridized carbons (Fsp3) is 0.259. The number of rotatable bonds is 8. The summed E-state index contributed by atoms with van der Waals surface area (Å²) in [6, 6.07) is 13.7. The maximum absolute atomic E-state index is 11.9. The Labute approximate surface area is 231 Å². The minimum atomic E-state index is -1.32. The minimum absolute atomic E-state index is 0.0881. The van der Waals surface area contributed by atoms with Crippen LogP contribution in [-0.4, -0.2) is 59.8 Å². The molecule has 3 aromatic heterocycles. The quantitative estimate of drug-likeness (QED) is 0.131. The van der Waals surface area contributed by atoms with Crippen LogP contribution in [0.3, 0.4) is 0 Å². The summed E-state index contributed by atoms with van der Waals surface area (Å²) in [7, 11) is 0. The molecule has 5 aromatic rings. The molecule has 41 heavy (non-hydrogen) atoms. The highest BCUT2D eigenvalue weighted by molar-refractivity contribution is 5.83. The fourth-order valence-electron chi connectivity index (χ4n) is 4.66. The van der Waals surface area contributed by atoms with Crippen LogP contribution in [0, 0.1) is 0 Å². The lowest BCUT2D eigenvalue weighted by molar-refractivity contribution is -0.0511. The number of hydrogen-bond acceptors (Lipinski definition) is 13. The van der Waals surface area contributed by atoms with Crippen molar-refractivity contribution in [3.8, 4) is 11.6 Å². The van der Waals surface area contributed by atoms with E-state index in [-0.39, 0.29) is 36.2 Å². The Morgan fingerprint density at radius 3 is 2.54 bits per heavy atom. The second kappa shape index (κ2) is 10.7. The topological polar surface area (TPSA) is 214 Å². The fourth-order valence-corrected chi connectivity index (χ4v) is 4.66. The second-order valence-electron chi connectivity index (χ2n) is 9.51. The monoisotopic (exact) mass is 562 g/mol. The lowest BCUT2D eigenvalue weighted by atomic mass is 10.1. The van der Waals surface area contributed by atoms with Gasteiger partial charge in [-0.25, -0.2) is 9.78 Å². The molecule has 4 atom stereocenters. The third-order valence-electron chi connectivity index (χ3n) is 6.75. The van der Waals surface area contributed by atoms with E-state index in [1.54, 1.807) is 30.3 Å². The van der Waals surface area contributed by atoms with Crippen molar-refractivity contribution >= 4 is 33.8 Å². The molecule has 0 radical (unpaired) electrons. The Morgan fingerprint density at radius 1 is 0.976 bits per heavy atom.